The van der Waals surface area contributed by atoms with E-state index in [4.69, 9.17) is 15.5 Å². The predicted octanol–water partition coefficient (Wildman–Crippen LogP) is 6.33. The molecule has 5 heteroatoms. The monoisotopic (exact) mass is 392 g/mol. The zero-order valence-electron chi connectivity index (χ0n) is 15.7. The topological polar surface area (TPSA) is 63.7 Å². The molecule has 0 bridgehead atoms. The molecule has 3 aromatic carbocycles. The summed E-state index contributed by atoms with van der Waals surface area (Å²) in [6.07, 6.45) is 0. The van der Waals surface area contributed by atoms with E-state index in [0.29, 0.717) is 11.1 Å². The first-order valence-electron chi connectivity index (χ1n) is 9.03. The Morgan fingerprint density at radius 3 is 1.90 bits per heavy atom. The Labute approximate surface area is 173 Å². The molecule has 0 aliphatic carbocycles. The summed E-state index contributed by atoms with van der Waals surface area (Å²) in [5.74, 6) is 0. The summed E-state index contributed by atoms with van der Waals surface area (Å²) in [7, 11) is 0. The van der Waals surface area contributed by atoms with Gasteiger partial charge in [0.2, 0.25) is 0 Å². The van der Waals surface area contributed by atoms with E-state index < -0.39 is 0 Å². The van der Waals surface area contributed by atoms with Crippen molar-refractivity contribution >= 4 is 27.7 Å². The van der Waals surface area contributed by atoms with Crippen LogP contribution in [0.3, 0.4) is 0 Å². The van der Waals surface area contributed by atoms with Gasteiger partial charge in [0.05, 0.1) is 29.0 Å². The first-order valence-corrected chi connectivity index (χ1v) is 9.84. The van der Waals surface area contributed by atoms with Crippen LogP contribution in [-0.2, 0) is 0 Å². The molecule has 0 saturated heterocycles. The fourth-order valence-electron chi connectivity index (χ4n) is 3.05. The summed E-state index contributed by atoms with van der Waals surface area (Å²) < 4.78 is 0. The third-order valence-corrected chi connectivity index (χ3v) is 5.70. The molecule has 0 atom stereocenters. The van der Waals surface area contributed by atoms with Gasteiger partial charge in [0.15, 0.2) is 0 Å². The summed E-state index contributed by atoms with van der Waals surface area (Å²) in [4.78, 5) is 6.94. The highest BCUT2D eigenvalue weighted by Gasteiger charge is 2.19. The van der Waals surface area contributed by atoms with Crippen LogP contribution in [0.15, 0.2) is 78.9 Å². The Bertz CT molecular complexity index is 1210. The van der Waals surface area contributed by atoms with Gasteiger partial charge in [-0.3, -0.25) is 0 Å². The summed E-state index contributed by atoms with van der Waals surface area (Å²) in [6, 6.07) is 29.4. The minimum atomic E-state index is 0.626. The van der Waals surface area contributed by atoms with Crippen LogP contribution >= 0.6 is 11.3 Å². The molecule has 0 fully saturated rings. The highest BCUT2D eigenvalue weighted by molar-refractivity contribution is 7.19. The lowest BCUT2D eigenvalue weighted by Gasteiger charge is -2.24. The molecule has 29 heavy (non-hydrogen) atoms. The fraction of sp³-hybridized carbons (Fsp3) is 0.0417. The summed E-state index contributed by atoms with van der Waals surface area (Å²) >= 11 is 1.60. The largest absolute Gasteiger partial charge is 0.300 e. The van der Waals surface area contributed by atoms with Gasteiger partial charge in [-0.2, -0.15) is 10.5 Å². The Kier molecular flexibility index (Phi) is 5.07. The van der Waals surface area contributed by atoms with Crippen LogP contribution in [0.1, 0.15) is 16.8 Å². The van der Waals surface area contributed by atoms with E-state index in [0.717, 1.165) is 32.6 Å². The molecule has 0 aliphatic heterocycles. The number of aryl methyl sites for hydroxylation is 1. The van der Waals surface area contributed by atoms with Crippen LogP contribution in [0.2, 0.25) is 0 Å². The maximum absolute atomic E-state index is 9.12. The molecule has 0 aliphatic rings. The molecule has 4 rings (SSSR count). The van der Waals surface area contributed by atoms with Gasteiger partial charge in [-0.1, -0.05) is 41.7 Å². The smallest absolute Gasteiger partial charge is 0.125 e. The van der Waals surface area contributed by atoms with Crippen molar-refractivity contribution in [1.29, 1.82) is 10.5 Å². The molecule has 0 radical (unpaired) electrons. The third kappa shape index (κ3) is 3.73. The fourth-order valence-corrected chi connectivity index (χ4v) is 4.17. The van der Waals surface area contributed by atoms with E-state index in [1.807, 2.05) is 61.5 Å². The Morgan fingerprint density at radius 1 is 0.759 bits per heavy atom. The predicted molar refractivity (Wildman–Crippen MR) is 116 cm³/mol. The standard InChI is InChI=1S/C24H16N4S/c1-17-24(29-23(27-17)20-11-7-18(15-25)8-12-20)28(21-5-3-2-4-6-21)22-13-9-19(16-26)10-14-22/h2-14H,1H3. The maximum Gasteiger partial charge on any atom is 0.125 e. The molecule has 4 aromatic rings. The van der Waals surface area contributed by atoms with Crippen molar-refractivity contribution in [2.75, 3.05) is 4.90 Å². The number of anilines is 3. The van der Waals surface area contributed by atoms with Gasteiger partial charge < -0.3 is 4.90 Å². The average Bonchev–Trinajstić information content (AvgIpc) is 3.16. The molecule has 1 aromatic heterocycles. The maximum atomic E-state index is 9.12. The highest BCUT2D eigenvalue weighted by atomic mass is 32.1. The lowest BCUT2D eigenvalue weighted by molar-refractivity contribution is 1.21. The molecular weight excluding hydrogens is 376 g/mol. The number of nitriles is 2. The number of rotatable bonds is 4. The van der Waals surface area contributed by atoms with E-state index in [1.165, 1.54) is 0 Å². The van der Waals surface area contributed by atoms with Crippen molar-refractivity contribution in [3.8, 4) is 22.7 Å². The Balaban J connectivity index is 1.81. The van der Waals surface area contributed by atoms with Gasteiger partial charge >= 0.3 is 0 Å². The molecule has 1 heterocycles. The van der Waals surface area contributed by atoms with Gasteiger partial charge in [-0.25, -0.2) is 4.98 Å². The van der Waals surface area contributed by atoms with E-state index in [2.05, 4.69) is 29.2 Å². The lowest BCUT2D eigenvalue weighted by atomic mass is 10.1. The molecule has 0 saturated carbocycles. The van der Waals surface area contributed by atoms with Crippen LogP contribution in [0.5, 0.6) is 0 Å². The average molecular weight is 392 g/mol. The minimum absolute atomic E-state index is 0.626. The van der Waals surface area contributed by atoms with Crippen molar-refractivity contribution in [1.82, 2.24) is 4.98 Å². The van der Waals surface area contributed by atoms with E-state index in [-0.39, 0.29) is 0 Å². The molecule has 4 nitrogen and oxygen atoms in total. The van der Waals surface area contributed by atoms with Gasteiger partial charge in [-0.05, 0) is 55.5 Å². The zero-order valence-corrected chi connectivity index (χ0v) is 16.5. The number of benzene rings is 3. The number of hydrogen-bond acceptors (Lipinski definition) is 5. The van der Waals surface area contributed by atoms with Crippen molar-refractivity contribution in [2.24, 2.45) is 0 Å². The first-order chi connectivity index (χ1) is 14.2. The van der Waals surface area contributed by atoms with Crippen LogP contribution < -0.4 is 4.90 Å². The van der Waals surface area contributed by atoms with E-state index in [9.17, 15) is 0 Å². The van der Waals surface area contributed by atoms with Crippen LogP contribution in [0.25, 0.3) is 10.6 Å². The highest BCUT2D eigenvalue weighted by Crippen LogP contribution is 2.42. The van der Waals surface area contributed by atoms with Gasteiger partial charge in [-0.15, -0.1) is 0 Å². The normalized spacial score (nSPS) is 10.2. The number of aromatic nitrogens is 1. The number of para-hydroxylation sites is 1. The van der Waals surface area contributed by atoms with Crippen molar-refractivity contribution < 1.29 is 0 Å². The number of hydrogen-bond donors (Lipinski definition) is 0. The molecular formula is C24H16N4S. The molecule has 0 amide bonds. The summed E-state index contributed by atoms with van der Waals surface area (Å²) in [6.45, 7) is 2.00. The zero-order chi connectivity index (χ0) is 20.2. The first kappa shape index (κ1) is 18.4. The Morgan fingerprint density at radius 2 is 1.31 bits per heavy atom. The van der Waals surface area contributed by atoms with Crippen LogP contribution in [0.4, 0.5) is 16.4 Å². The SMILES string of the molecule is Cc1nc(-c2ccc(C#N)cc2)sc1N(c1ccccc1)c1ccc(C#N)cc1. The molecule has 0 N–H and O–H groups in total. The second-order valence-corrected chi connectivity index (χ2v) is 7.41. The van der Waals surface area contributed by atoms with Crippen LogP contribution in [0, 0.1) is 29.6 Å². The van der Waals surface area contributed by atoms with Crippen molar-refractivity contribution in [3.63, 3.8) is 0 Å². The quantitative estimate of drug-likeness (QED) is 0.407. The molecule has 138 valence electrons. The third-order valence-electron chi connectivity index (χ3n) is 4.51. The van der Waals surface area contributed by atoms with Crippen molar-refractivity contribution in [3.05, 3.63) is 95.7 Å². The molecule has 0 spiro atoms. The number of thiazole rings is 1. The van der Waals surface area contributed by atoms with E-state index in [1.54, 1.807) is 23.5 Å². The van der Waals surface area contributed by atoms with Gasteiger partial charge in [0.25, 0.3) is 0 Å². The minimum Gasteiger partial charge on any atom is -0.300 e. The second kappa shape index (κ2) is 7.98. The second-order valence-electron chi connectivity index (χ2n) is 6.43. The molecule has 0 unspecified atom stereocenters. The van der Waals surface area contributed by atoms with Gasteiger partial charge in [0.1, 0.15) is 10.0 Å². The summed E-state index contributed by atoms with van der Waals surface area (Å²) in [5, 5.41) is 20.1. The lowest BCUT2D eigenvalue weighted by Crippen LogP contribution is -2.09. The summed E-state index contributed by atoms with van der Waals surface area (Å²) in [5.41, 5.74) is 5.15. The number of nitrogens with zero attached hydrogens (tertiary/aromatic N) is 4. The Hall–Kier alpha value is -3.93. The van der Waals surface area contributed by atoms with Crippen LogP contribution in [-0.4, -0.2) is 4.98 Å². The van der Waals surface area contributed by atoms with Gasteiger partial charge in [0, 0.05) is 16.9 Å². The van der Waals surface area contributed by atoms with E-state index >= 15 is 0 Å². The van der Waals surface area contributed by atoms with Crippen molar-refractivity contribution in [2.45, 2.75) is 6.92 Å².